The van der Waals surface area contributed by atoms with Crippen molar-refractivity contribution in [3.05, 3.63) is 107 Å². The Bertz CT molecular complexity index is 795. The summed E-state index contributed by atoms with van der Waals surface area (Å²) in [6.45, 7) is 5.20. The van der Waals surface area contributed by atoms with Crippen molar-refractivity contribution in [1.82, 2.24) is 0 Å². The van der Waals surface area contributed by atoms with Gasteiger partial charge in [0.25, 0.3) is 0 Å². The van der Waals surface area contributed by atoms with E-state index in [0.717, 1.165) is 0 Å². The number of hydrogen-bond acceptors (Lipinski definition) is 1. The van der Waals surface area contributed by atoms with Crippen LogP contribution in [0.25, 0.3) is 0 Å². The molecule has 0 bridgehead atoms. The van der Waals surface area contributed by atoms with Crippen molar-refractivity contribution in [3.8, 4) is 0 Å². The molecule has 24 heavy (non-hydrogen) atoms. The van der Waals surface area contributed by atoms with Crippen LogP contribution < -0.4 is 0 Å². The maximum atomic E-state index is 6.68. The molecule has 0 radical (unpaired) electrons. The summed E-state index contributed by atoms with van der Waals surface area (Å²) in [5.74, 6) is 0. The van der Waals surface area contributed by atoms with E-state index < -0.39 is 5.60 Å². The van der Waals surface area contributed by atoms with E-state index >= 15 is 0 Å². The first kappa shape index (κ1) is 15.2. The summed E-state index contributed by atoms with van der Waals surface area (Å²) < 4.78 is 6.68. The van der Waals surface area contributed by atoms with Crippen LogP contribution in [0.2, 0.25) is 0 Å². The van der Waals surface area contributed by atoms with Gasteiger partial charge in [0.05, 0.1) is 6.61 Å². The molecule has 0 atom stereocenters. The van der Waals surface area contributed by atoms with Crippen LogP contribution in [0.15, 0.2) is 84.9 Å². The molecule has 3 aromatic rings. The van der Waals surface area contributed by atoms with Gasteiger partial charge in [0.15, 0.2) is 0 Å². The summed E-state index contributed by atoms with van der Waals surface area (Å²) >= 11 is 0. The smallest absolute Gasteiger partial charge is 0.144 e. The van der Waals surface area contributed by atoms with Crippen molar-refractivity contribution >= 4 is 0 Å². The highest BCUT2D eigenvalue weighted by Crippen LogP contribution is 2.48. The van der Waals surface area contributed by atoms with Gasteiger partial charge in [0, 0.05) is 5.41 Å². The Balaban J connectivity index is 2.06. The van der Waals surface area contributed by atoms with Crippen molar-refractivity contribution in [2.45, 2.75) is 24.9 Å². The van der Waals surface area contributed by atoms with Crippen molar-refractivity contribution in [3.63, 3.8) is 0 Å². The lowest BCUT2D eigenvalue weighted by Crippen LogP contribution is -2.44. The Labute approximate surface area is 143 Å². The van der Waals surface area contributed by atoms with E-state index in [-0.39, 0.29) is 5.41 Å². The number of fused-ring (bicyclic) bond motifs is 1. The summed E-state index contributed by atoms with van der Waals surface area (Å²) in [5.41, 5.74) is 4.43. The second-order valence-corrected chi connectivity index (χ2v) is 7.13. The first-order valence-corrected chi connectivity index (χ1v) is 8.50. The second-order valence-electron chi connectivity index (χ2n) is 7.13. The molecule has 4 rings (SSSR count). The van der Waals surface area contributed by atoms with Crippen LogP contribution in [0, 0.1) is 0 Å². The number of ether oxygens (including phenoxy) is 1. The van der Waals surface area contributed by atoms with E-state index in [1.54, 1.807) is 0 Å². The number of benzene rings is 3. The Morgan fingerprint density at radius 3 is 1.62 bits per heavy atom. The van der Waals surface area contributed by atoms with Gasteiger partial charge >= 0.3 is 0 Å². The average molecular weight is 314 g/mol. The van der Waals surface area contributed by atoms with Crippen molar-refractivity contribution < 1.29 is 4.74 Å². The normalized spacial score (nSPS) is 17.9. The van der Waals surface area contributed by atoms with E-state index in [4.69, 9.17) is 4.74 Å². The Morgan fingerprint density at radius 2 is 1.08 bits per heavy atom. The molecule has 0 aromatic heterocycles. The first-order chi connectivity index (χ1) is 11.6. The lowest BCUT2D eigenvalue weighted by atomic mass is 9.70. The molecule has 0 saturated carbocycles. The Kier molecular flexibility index (Phi) is 3.54. The van der Waals surface area contributed by atoms with Gasteiger partial charge in [0.1, 0.15) is 5.60 Å². The molecular weight excluding hydrogens is 292 g/mol. The summed E-state index contributed by atoms with van der Waals surface area (Å²) in [4.78, 5) is 0. The molecule has 120 valence electrons. The van der Waals surface area contributed by atoms with E-state index in [0.29, 0.717) is 6.61 Å². The fourth-order valence-corrected chi connectivity index (χ4v) is 3.81. The summed E-state index contributed by atoms with van der Waals surface area (Å²) in [7, 11) is 0. The van der Waals surface area contributed by atoms with Gasteiger partial charge in [-0.25, -0.2) is 0 Å². The lowest BCUT2D eigenvalue weighted by molar-refractivity contribution is -0.0284. The van der Waals surface area contributed by atoms with E-state index in [9.17, 15) is 0 Å². The van der Waals surface area contributed by atoms with Crippen LogP contribution in [-0.4, -0.2) is 6.61 Å². The lowest BCUT2D eigenvalue weighted by Gasteiger charge is -2.46. The maximum Gasteiger partial charge on any atom is 0.144 e. The third-order valence-electron chi connectivity index (χ3n) is 5.05. The minimum Gasteiger partial charge on any atom is -0.360 e. The Morgan fingerprint density at radius 1 is 0.625 bits per heavy atom. The Hall–Kier alpha value is -2.38. The molecule has 3 aromatic carbocycles. The van der Waals surface area contributed by atoms with Gasteiger partial charge in [-0.15, -0.1) is 0 Å². The van der Waals surface area contributed by atoms with E-state index in [2.05, 4.69) is 98.8 Å². The van der Waals surface area contributed by atoms with Gasteiger partial charge < -0.3 is 4.74 Å². The molecule has 0 spiro atoms. The summed E-state index contributed by atoms with van der Waals surface area (Å²) in [5, 5.41) is 0. The molecule has 1 nitrogen and oxygen atoms in total. The molecule has 1 heteroatoms. The third-order valence-corrected chi connectivity index (χ3v) is 5.05. The van der Waals surface area contributed by atoms with E-state index in [1.165, 1.54) is 22.3 Å². The van der Waals surface area contributed by atoms with Gasteiger partial charge in [-0.05, 0) is 22.3 Å². The van der Waals surface area contributed by atoms with Crippen LogP contribution in [-0.2, 0) is 15.8 Å². The number of hydrogen-bond donors (Lipinski definition) is 0. The van der Waals surface area contributed by atoms with Crippen LogP contribution in [0.1, 0.15) is 36.1 Å². The third kappa shape index (κ3) is 2.20. The second kappa shape index (κ2) is 5.61. The van der Waals surface area contributed by atoms with Crippen molar-refractivity contribution in [2.24, 2.45) is 0 Å². The molecule has 0 amide bonds. The SMILES string of the molecule is CC1(C)COC(c2ccccc2)(c2ccccc2)c2ccccc21. The molecular formula is C23H22O. The highest BCUT2D eigenvalue weighted by atomic mass is 16.5. The highest BCUT2D eigenvalue weighted by molar-refractivity contribution is 5.53. The molecule has 0 aliphatic carbocycles. The van der Waals surface area contributed by atoms with Gasteiger partial charge in [-0.1, -0.05) is 98.8 Å². The fourth-order valence-electron chi connectivity index (χ4n) is 3.81. The zero-order valence-electron chi connectivity index (χ0n) is 14.2. The molecule has 1 heterocycles. The molecule has 0 saturated heterocycles. The predicted molar refractivity (Wildman–Crippen MR) is 98.2 cm³/mol. The average Bonchev–Trinajstić information content (AvgIpc) is 2.64. The quantitative estimate of drug-likeness (QED) is 0.625. The number of rotatable bonds is 2. The van der Waals surface area contributed by atoms with Crippen LogP contribution in [0.3, 0.4) is 0 Å². The van der Waals surface area contributed by atoms with Crippen molar-refractivity contribution in [2.75, 3.05) is 6.61 Å². The first-order valence-electron chi connectivity index (χ1n) is 8.50. The summed E-state index contributed by atoms with van der Waals surface area (Å²) in [6, 6.07) is 29.9. The molecule has 1 aliphatic rings. The minimum atomic E-state index is -0.547. The van der Waals surface area contributed by atoms with Gasteiger partial charge in [-0.2, -0.15) is 0 Å². The fraction of sp³-hybridized carbons (Fsp3) is 0.217. The minimum absolute atomic E-state index is 0.00363. The van der Waals surface area contributed by atoms with Gasteiger partial charge in [-0.3, -0.25) is 0 Å². The molecule has 0 N–H and O–H groups in total. The van der Waals surface area contributed by atoms with Crippen LogP contribution in [0.4, 0.5) is 0 Å². The zero-order chi connectivity index (χ0) is 16.6. The molecule has 1 aliphatic heterocycles. The zero-order valence-corrected chi connectivity index (χ0v) is 14.2. The molecule has 0 fully saturated rings. The van der Waals surface area contributed by atoms with E-state index in [1.807, 2.05) is 0 Å². The summed E-state index contributed by atoms with van der Waals surface area (Å²) in [6.07, 6.45) is 0. The monoisotopic (exact) mass is 314 g/mol. The van der Waals surface area contributed by atoms with Crippen molar-refractivity contribution in [1.29, 1.82) is 0 Å². The largest absolute Gasteiger partial charge is 0.360 e. The van der Waals surface area contributed by atoms with Crippen LogP contribution in [0.5, 0.6) is 0 Å². The highest BCUT2D eigenvalue weighted by Gasteiger charge is 2.46. The predicted octanol–water partition coefficient (Wildman–Crippen LogP) is 5.29. The topological polar surface area (TPSA) is 9.23 Å². The maximum absolute atomic E-state index is 6.68. The van der Waals surface area contributed by atoms with Gasteiger partial charge in [0.2, 0.25) is 0 Å². The van der Waals surface area contributed by atoms with Crippen LogP contribution >= 0.6 is 0 Å². The standard InChI is InChI=1S/C23H22O/c1-22(2)17-24-23(18-11-5-3-6-12-18,19-13-7-4-8-14-19)21-16-10-9-15-20(21)22/h3-16H,17H2,1-2H3. The molecule has 0 unspecified atom stereocenters.